The number of sulfonamides is 1. The number of hydrogen-bond donors (Lipinski definition) is 0. The van der Waals surface area contributed by atoms with Crippen molar-refractivity contribution in [2.24, 2.45) is 5.92 Å². The van der Waals surface area contributed by atoms with E-state index in [1.807, 2.05) is 0 Å². The van der Waals surface area contributed by atoms with Gasteiger partial charge in [-0.1, -0.05) is 28.9 Å². The molecule has 1 aliphatic rings. The third-order valence-electron chi connectivity index (χ3n) is 3.24. The molecule has 0 N–H and O–H groups in total. The van der Waals surface area contributed by atoms with Crippen LogP contribution in [0.3, 0.4) is 0 Å². The fourth-order valence-electron chi connectivity index (χ4n) is 2.11. The molecule has 1 atom stereocenters. The van der Waals surface area contributed by atoms with Gasteiger partial charge in [-0.05, 0) is 30.2 Å². The Labute approximate surface area is 115 Å². The van der Waals surface area contributed by atoms with Crippen molar-refractivity contribution in [1.82, 2.24) is 4.31 Å². The Morgan fingerprint density at radius 3 is 2.59 bits per heavy atom. The quantitative estimate of drug-likeness (QED) is 0.795. The second-order valence-corrected chi connectivity index (χ2v) is 8.91. The van der Waals surface area contributed by atoms with Gasteiger partial charge in [-0.2, -0.15) is 4.31 Å². The van der Waals surface area contributed by atoms with Crippen molar-refractivity contribution in [3.8, 4) is 0 Å². The van der Waals surface area contributed by atoms with Crippen LogP contribution in [0.15, 0.2) is 21.7 Å². The summed E-state index contributed by atoms with van der Waals surface area (Å²) in [4.78, 5) is 0.467. The third-order valence-corrected chi connectivity index (χ3v) is 7.26. The summed E-state index contributed by atoms with van der Waals surface area (Å²) in [6.45, 7) is 3.41. The molecule has 0 spiro atoms. The lowest BCUT2D eigenvalue weighted by molar-refractivity contribution is 0.275. The van der Waals surface area contributed by atoms with E-state index in [9.17, 15) is 8.42 Å². The maximum Gasteiger partial charge on any atom is 0.252 e. The maximum atomic E-state index is 12.2. The maximum absolute atomic E-state index is 12.2. The van der Waals surface area contributed by atoms with E-state index in [2.05, 4.69) is 22.9 Å². The van der Waals surface area contributed by atoms with Gasteiger partial charge >= 0.3 is 0 Å². The summed E-state index contributed by atoms with van der Waals surface area (Å²) >= 11 is 4.87. The molecule has 1 aromatic rings. The molecule has 6 heteroatoms. The molecule has 0 radical (unpaired) electrons. The molecule has 0 saturated carbocycles. The smallest absolute Gasteiger partial charge is 0.206 e. The standard InChI is InChI=1S/C11H16BrNO2S2/c1-9(12)10-4-6-13(7-5-10)17(14,15)11-3-2-8-16-11/h2-3,8-10H,4-7H2,1H3. The van der Waals surface area contributed by atoms with Crippen molar-refractivity contribution in [3.05, 3.63) is 17.5 Å². The fourth-order valence-corrected chi connectivity index (χ4v) is 5.26. The number of alkyl halides is 1. The van der Waals surface area contributed by atoms with E-state index in [1.54, 1.807) is 21.8 Å². The second kappa shape index (κ2) is 5.38. The van der Waals surface area contributed by atoms with E-state index >= 15 is 0 Å². The highest BCUT2D eigenvalue weighted by atomic mass is 79.9. The molecule has 1 unspecified atom stereocenters. The Balaban J connectivity index is 2.07. The number of hydrogen-bond acceptors (Lipinski definition) is 3. The van der Waals surface area contributed by atoms with Crippen molar-refractivity contribution in [2.75, 3.05) is 13.1 Å². The zero-order valence-electron chi connectivity index (χ0n) is 9.67. The molecule has 17 heavy (non-hydrogen) atoms. The number of piperidine rings is 1. The summed E-state index contributed by atoms with van der Waals surface area (Å²) in [7, 11) is -3.23. The van der Waals surface area contributed by atoms with E-state index in [0.29, 0.717) is 28.0 Å². The predicted molar refractivity (Wildman–Crippen MR) is 74.2 cm³/mol. The molecule has 0 amide bonds. The first-order chi connectivity index (χ1) is 8.01. The van der Waals surface area contributed by atoms with Crippen LogP contribution in [0.5, 0.6) is 0 Å². The molecule has 1 aromatic heterocycles. The van der Waals surface area contributed by atoms with Crippen LogP contribution in [0.4, 0.5) is 0 Å². The lowest BCUT2D eigenvalue weighted by atomic mass is 9.96. The van der Waals surface area contributed by atoms with Crippen LogP contribution in [0, 0.1) is 5.92 Å². The van der Waals surface area contributed by atoms with Gasteiger partial charge in [0.05, 0.1) is 0 Å². The van der Waals surface area contributed by atoms with Gasteiger partial charge in [-0.15, -0.1) is 11.3 Å². The number of halogens is 1. The molecule has 0 aliphatic carbocycles. The monoisotopic (exact) mass is 337 g/mol. The fraction of sp³-hybridized carbons (Fsp3) is 0.636. The number of nitrogens with zero attached hydrogens (tertiary/aromatic N) is 1. The molecule has 2 rings (SSSR count). The first-order valence-electron chi connectivity index (χ1n) is 5.69. The first-order valence-corrected chi connectivity index (χ1v) is 8.93. The molecular weight excluding hydrogens is 322 g/mol. The Kier molecular flexibility index (Phi) is 4.28. The van der Waals surface area contributed by atoms with Crippen LogP contribution in [-0.4, -0.2) is 30.6 Å². The summed E-state index contributed by atoms with van der Waals surface area (Å²) < 4.78 is 26.6. The van der Waals surface area contributed by atoms with Crippen LogP contribution in [-0.2, 0) is 10.0 Å². The Morgan fingerprint density at radius 1 is 1.47 bits per heavy atom. The molecule has 1 fully saturated rings. The molecule has 0 aromatic carbocycles. The Morgan fingerprint density at radius 2 is 2.12 bits per heavy atom. The summed E-state index contributed by atoms with van der Waals surface area (Å²) in [6, 6.07) is 3.46. The lowest BCUT2D eigenvalue weighted by Gasteiger charge is -2.32. The van der Waals surface area contributed by atoms with Crippen molar-refractivity contribution < 1.29 is 8.42 Å². The topological polar surface area (TPSA) is 37.4 Å². The van der Waals surface area contributed by atoms with Crippen molar-refractivity contribution >= 4 is 37.3 Å². The normalized spacial score (nSPS) is 21.5. The van der Waals surface area contributed by atoms with Gasteiger partial charge in [-0.25, -0.2) is 8.42 Å². The van der Waals surface area contributed by atoms with E-state index in [-0.39, 0.29) is 0 Å². The van der Waals surface area contributed by atoms with E-state index in [1.165, 1.54) is 11.3 Å². The Bertz CT molecular complexity index is 448. The van der Waals surface area contributed by atoms with Crippen molar-refractivity contribution in [2.45, 2.75) is 28.8 Å². The molecule has 96 valence electrons. The highest BCUT2D eigenvalue weighted by Crippen LogP contribution is 2.29. The Hall–Kier alpha value is 0.0900. The lowest BCUT2D eigenvalue weighted by Crippen LogP contribution is -2.39. The predicted octanol–water partition coefficient (Wildman–Crippen LogP) is 2.93. The van der Waals surface area contributed by atoms with Gasteiger partial charge in [0.15, 0.2) is 0 Å². The van der Waals surface area contributed by atoms with Crippen LogP contribution in [0.1, 0.15) is 19.8 Å². The molecule has 0 bridgehead atoms. The summed E-state index contributed by atoms with van der Waals surface area (Å²) in [5.74, 6) is 0.588. The second-order valence-electron chi connectivity index (χ2n) is 4.35. The minimum atomic E-state index is -3.23. The molecule has 1 saturated heterocycles. The van der Waals surface area contributed by atoms with Crippen molar-refractivity contribution in [3.63, 3.8) is 0 Å². The van der Waals surface area contributed by atoms with E-state index in [4.69, 9.17) is 0 Å². The molecule has 3 nitrogen and oxygen atoms in total. The average Bonchev–Trinajstić information content (AvgIpc) is 2.83. The largest absolute Gasteiger partial charge is 0.252 e. The molecule has 1 aliphatic heterocycles. The zero-order chi connectivity index (χ0) is 12.5. The highest BCUT2D eigenvalue weighted by Gasteiger charge is 2.31. The van der Waals surface area contributed by atoms with Gasteiger partial charge in [0.1, 0.15) is 4.21 Å². The minimum Gasteiger partial charge on any atom is -0.206 e. The van der Waals surface area contributed by atoms with Gasteiger partial charge in [0.2, 0.25) is 0 Å². The molecular formula is C11H16BrNO2S2. The van der Waals surface area contributed by atoms with Gasteiger partial charge < -0.3 is 0 Å². The zero-order valence-corrected chi connectivity index (χ0v) is 12.9. The van der Waals surface area contributed by atoms with E-state index in [0.717, 1.165) is 12.8 Å². The van der Waals surface area contributed by atoms with Gasteiger partial charge in [-0.3, -0.25) is 0 Å². The SMILES string of the molecule is CC(Br)C1CCN(S(=O)(=O)c2cccs2)CC1. The van der Waals surface area contributed by atoms with Crippen LogP contribution in [0.25, 0.3) is 0 Å². The minimum absolute atomic E-state index is 0.461. The first kappa shape index (κ1) is 13.5. The van der Waals surface area contributed by atoms with Gasteiger partial charge in [0, 0.05) is 17.9 Å². The van der Waals surface area contributed by atoms with Crippen LogP contribution in [0.2, 0.25) is 0 Å². The van der Waals surface area contributed by atoms with Crippen LogP contribution >= 0.6 is 27.3 Å². The summed E-state index contributed by atoms with van der Waals surface area (Å²) in [6.07, 6.45) is 1.88. The van der Waals surface area contributed by atoms with Crippen molar-refractivity contribution in [1.29, 1.82) is 0 Å². The molecule has 2 heterocycles. The summed E-state index contributed by atoms with van der Waals surface area (Å²) in [5, 5.41) is 1.81. The third kappa shape index (κ3) is 2.92. The number of thiophene rings is 1. The highest BCUT2D eigenvalue weighted by molar-refractivity contribution is 9.09. The van der Waals surface area contributed by atoms with Crippen LogP contribution < -0.4 is 0 Å². The van der Waals surface area contributed by atoms with E-state index < -0.39 is 10.0 Å². The summed E-state index contributed by atoms with van der Waals surface area (Å²) in [5.41, 5.74) is 0. The van der Waals surface area contributed by atoms with Gasteiger partial charge in [0.25, 0.3) is 10.0 Å². The average molecular weight is 338 g/mol. The number of rotatable bonds is 3.